The van der Waals surface area contributed by atoms with Gasteiger partial charge in [0.05, 0.1) is 5.41 Å². The van der Waals surface area contributed by atoms with Gasteiger partial charge in [-0.1, -0.05) is 61.0 Å². The lowest BCUT2D eigenvalue weighted by Gasteiger charge is -2.38. The number of fused-ring (bicyclic) bond motifs is 2. The second kappa shape index (κ2) is 4.84. The van der Waals surface area contributed by atoms with Crippen LogP contribution in [0.5, 0.6) is 0 Å². The van der Waals surface area contributed by atoms with E-state index in [1.807, 2.05) is 0 Å². The Labute approximate surface area is 126 Å². The maximum absolute atomic E-state index is 13.0. The summed E-state index contributed by atoms with van der Waals surface area (Å²) in [4.78, 5) is 13.0. The van der Waals surface area contributed by atoms with E-state index < -0.39 is 0 Å². The van der Waals surface area contributed by atoms with Crippen LogP contribution < -0.4 is 0 Å². The quantitative estimate of drug-likeness (QED) is 0.754. The van der Waals surface area contributed by atoms with E-state index in [0.717, 1.165) is 25.7 Å². The fraction of sp³-hybridized carbons (Fsp3) is 0.350. The van der Waals surface area contributed by atoms with Crippen molar-refractivity contribution in [3.63, 3.8) is 0 Å². The SMILES string of the molecule is O=C1CCCC[C@]12c1ccccc1C[C@@H]2c1ccccc1. The molecule has 0 amide bonds. The van der Waals surface area contributed by atoms with Crippen molar-refractivity contribution in [2.45, 2.75) is 43.4 Å². The summed E-state index contributed by atoms with van der Waals surface area (Å²) in [6, 6.07) is 19.2. The van der Waals surface area contributed by atoms with Gasteiger partial charge in [0.25, 0.3) is 0 Å². The molecule has 1 spiro atoms. The highest BCUT2D eigenvalue weighted by atomic mass is 16.1. The molecule has 0 radical (unpaired) electrons. The summed E-state index contributed by atoms with van der Waals surface area (Å²) in [6.45, 7) is 0. The summed E-state index contributed by atoms with van der Waals surface area (Å²) < 4.78 is 0. The molecule has 2 atom stereocenters. The van der Waals surface area contributed by atoms with Gasteiger partial charge in [-0.2, -0.15) is 0 Å². The third-order valence-corrected chi connectivity index (χ3v) is 5.44. The van der Waals surface area contributed by atoms with Crippen molar-refractivity contribution in [1.82, 2.24) is 0 Å². The van der Waals surface area contributed by atoms with Crippen molar-refractivity contribution >= 4 is 5.78 Å². The lowest BCUT2D eigenvalue weighted by atomic mass is 9.62. The van der Waals surface area contributed by atoms with Crippen LogP contribution >= 0.6 is 0 Å². The van der Waals surface area contributed by atoms with E-state index in [4.69, 9.17) is 0 Å². The fourth-order valence-electron chi connectivity index (χ4n) is 4.51. The molecule has 0 N–H and O–H groups in total. The van der Waals surface area contributed by atoms with Crippen LogP contribution in [0.15, 0.2) is 54.6 Å². The van der Waals surface area contributed by atoms with Crippen molar-refractivity contribution in [3.05, 3.63) is 71.3 Å². The summed E-state index contributed by atoms with van der Waals surface area (Å²) in [5.74, 6) is 0.788. The first-order valence-corrected chi connectivity index (χ1v) is 7.99. The molecule has 1 saturated carbocycles. The smallest absolute Gasteiger partial charge is 0.144 e. The minimum atomic E-state index is -0.254. The zero-order chi connectivity index (χ0) is 14.3. The van der Waals surface area contributed by atoms with Crippen molar-refractivity contribution < 1.29 is 4.79 Å². The minimum absolute atomic E-state index is 0.254. The molecule has 2 aliphatic carbocycles. The predicted molar refractivity (Wildman–Crippen MR) is 84.5 cm³/mol. The molecule has 0 saturated heterocycles. The van der Waals surface area contributed by atoms with Crippen LogP contribution in [0, 0.1) is 0 Å². The Bertz CT molecular complexity index is 673. The second-order valence-corrected chi connectivity index (χ2v) is 6.43. The van der Waals surface area contributed by atoms with Crippen molar-refractivity contribution in [2.75, 3.05) is 0 Å². The fourth-order valence-corrected chi connectivity index (χ4v) is 4.51. The molecule has 0 unspecified atom stereocenters. The Hall–Kier alpha value is -1.89. The van der Waals surface area contributed by atoms with Gasteiger partial charge < -0.3 is 0 Å². The molecule has 0 aliphatic heterocycles. The molecule has 2 aromatic carbocycles. The lowest BCUT2D eigenvalue weighted by Crippen LogP contribution is -2.41. The Morgan fingerprint density at radius 1 is 0.905 bits per heavy atom. The first kappa shape index (κ1) is 12.8. The Morgan fingerprint density at radius 2 is 1.67 bits per heavy atom. The minimum Gasteiger partial charge on any atom is -0.299 e. The molecule has 2 aliphatic rings. The van der Waals surface area contributed by atoms with E-state index in [1.54, 1.807) is 0 Å². The van der Waals surface area contributed by atoms with E-state index in [2.05, 4.69) is 54.6 Å². The number of carbonyl (C=O) groups excluding carboxylic acids is 1. The number of ketones is 1. The van der Waals surface area contributed by atoms with E-state index in [0.29, 0.717) is 11.7 Å². The molecule has 4 rings (SSSR count). The topological polar surface area (TPSA) is 17.1 Å². The number of Topliss-reactive ketones (excluding diaryl/α,β-unsaturated/α-hetero) is 1. The first-order valence-electron chi connectivity index (χ1n) is 7.99. The molecule has 0 bridgehead atoms. The summed E-state index contributed by atoms with van der Waals surface area (Å²) in [7, 11) is 0. The summed E-state index contributed by atoms with van der Waals surface area (Å²) in [5, 5.41) is 0. The number of hydrogen-bond donors (Lipinski definition) is 0. The maximum atomic E-state index is 13.0. The highest BCUT2D eigenvalue weighted by Crippen LogP contribution is 2.54. The van der Waals surface area contributed by atoms with Crippen LogP contribution in [0.2, 0.25) is 0 Å². The largest absolute Gasteiger partial charge is 0.299 e. The normalized spacial score (nSPS) is 27.8. The van der Waals surface area contributed by atoms with Crippen molar-refractivity contribution in [1.29, 1.82) is 0 Å². The van der Waals surface area contributed by atoms with Crippen LogP contribution in [0.4, 0.5) is 0 Å². The van der Waals surface area contributed by atoms with Gasteiger partial charge >= 0.3 is 0 Å². The predicted octanol–water partition coefficient (Wildman–Crippen LogP) is 4.41. The molecular formula is C20H20O. The van der Waals surface area contributed by atoms with Crippen LogP contribution in [0.1, 0.15) is 48.3 Å². The number of benzene rings is 2. The van der Waals surface area contributed by atoms with E-state index in [9.17, 15) is 4.79 Å². The average Bonchev–Trinajstić information content (AvgIpc) is 2.87. The molecule has 2 aromatic rings. The molecule has 21 heavy (non-hydrogen) atoms. The molecule has 0 aromatic heterocycles. The maximum Gasteiger partial charge on any atom is 0.144 e. The Balaban J connectivity index is 1.90. The van der Waals surface area contributed by atoms with E-state index >= 15 is 0 Å². The summed E-state index contributed by atoms with van der Waals surface area (Å²) >= 11 is 0. The molecule has 1 fully saturated rings. The first-order chi connectivity index (χ1) is 10.3. The highest BCUT2D eigenvalue weighted by Gasteiger charge is 2.52. The lowest BCUT2D eigenvalue weighted by molar-refractivity contribution is -0.127. The second-order valence-electron chi connectivity index (χ2n) is 6.43. The summed E-state index contributed by atoms with van der Waals surface area (Å²) in [6.07, 6.45) is 5.00. The van der Waals surface area contributed by atoms with Gasteiger partial charge in [-0.3, -0.25) is 4.79 Å². The summed E-state index contributed by atoms with van der Waals surface area (Å²) in [5.41, 5.74) is 3.75. The third kappa shape index (κ3) is 1.80. The molecule has 0 heterocycles. The van der Waals surface area contributed by atoms with Crippen LogP contribution in [-0.4, -0.2) is 5.78 Å². The van der Waals surface area contributed by atoms with Crippen molar-refractivity contribution in [3.8, 4) is 0 Å². The standard InChI is InChI=1S/C20H20O/c21-19-12-6-7-13-20(19)17-11-5-4-10-16(17)14-18(20)15-8-2-1-3-9-15/h1-5,8-11,18H,6-7,12-14H2/t18-,20-/m1/s1. The zero-order valence-corrected chi connectivity index (χ0v) is 12.2. The van der Waals surface area contributed by atoms with E-state index in [1.165, 1.54) is 23.1 Å². The van der Waals surface area contributed by atoms with Gasteiger partial charge in [-0.15, -0.1) is 0 Å². The Kier molecular flexibility index (Phi) is 2.95. The molecule has 1 nitrogen and oxygen atoms in total. The number of hydrogen-bond acceptors (Lipinski definition) is 1. The van der Waals surface area contributed by atoms with Crippen molar-refractivity contribution in [2.24, 2.45) is 0 Å². The van der Waals surface area contributed by atoms with Gasteiger partial charge in [0.2, 0.25) is 0 Å². The number of rotatable bonds is 1. The van der Waals surface area contributed by atoms with Gasteiger partial charge in [-0.25, -0.2) is 0 Å². The molecule has 1 heteroatoms. The zero-order valence-electron chi connectivity index (χ0n) is 12.2. The Morgan fingerprint density at radius 3 is 2.48 bits per heavy atom. The monoisotopic (exact) mass is 276 g/mol. The molecular weight excluding hydrogens is 256 g/mol. The van der Waals surface area contributed by atoms with Crippen LogP contribution in [0.25, 0.3) is 0 Å². The van der Waals surface area contributed by atoms with Crippen LogP contribution in [0.3, 0.4) is 0 Å². The van der Waals surface area contributed by atoms with Gasteiger partial charge in [0, 0.05) is 12.3 Å². The molecule has 106 valence electrons. The van der Waals surface area contributed by atoms with Gasteiger partial charge in [-0.05, 0) is 36.0 Å². The van der Waals surface area contributed by atoms with E-state index in [-0.39, 0.29) is 5.41 Å². The van der Waals surface area contributed by atoms with Gasteiger partial charge in [0.1, 0.15) is 5.78 Å². The van der Waals surface area contributed by atoms with Crippen LogP contribution in [-0.2, 0) is 16.6 Å². The third-order valence-electron chi connectivity index (χ3n) is 5.44. The number of carbonyl (C=O) groups is 1. The highest BCUT2D eigenvalue weighted by molar-refractivity contribution is 5.93. The van der Waals surface area contributed by atoms with Gasteiger partial charge in [0.15, 0.2) is 0 Å². The average molecular weight is 276 g/mol.